The number of nitrogens with zero attached hydrogens (tertiary/aromatic N) is 2. The number of H-pyrrole nitrogens is 1. The van der Waals surface area contributed by atoms with Crippen LogP contribution < -0.4 is 0 Å². The Morgan fingerprint density at radius 3 is 2.55 bits per heavy atom. The summed E-state index contributed by atoms with van der Waals surface area (Å²) in [7, 11) is 2.17. The standard InChI is InChI=1S/C16H19N3O/c1-18-7-12-9-19(10-13(12)8-18)16(20)15-6-11-4-2-3-5-14(11)17-15/h2-6,12-13,17H,7-10H2,1H3. The van der Waals surface area contributed by atoms with Gasteiger partial charge >= 0.3 is 0 Å². The number of carbonyl (C=O) groups excluding carboxylic acids is 1. The highest BCUT2D eigenvalue weighted by Gasteiger charge is 2.40. The summed E-state index contributed by atoms with van der Waals surface area (Å²) in [6.45, 7) is 4.06. The Kier molecular flexibility index (Phi) is 2.60. The average Bonchev–Trinajstić information content (AvgIpc) is 3.08. The van der Waals surface area contributed by atoms with Crippen molar-refractivity contribution in [3.8, 4) is 0 Å². The van der Waals surface area contributed by atoms with Crippen molar-refractivity contribution in [3.05, 3.63) is 36.0 Å². The van der Waals surface area contributed by atoms with Gasteiger partial charge < -0.3 is 14.8 Å². The van der Waals surface area contributed by atoms with Gasteiger partial charge in [0.25, 0.3) is 5.91 Å². The third-order valence-corrected chi connectivity index (χ3v) is 4.72. The lowest BCUT2D eigenvalue weighted by Gasteiger charge is -2.18. The highest BCUT2D eigenvalue weighted by Crippen LogP contribution is 2.31. The Balaban J connectivity index is 1.56. The maximum atomic E-state index is 12.6. The Morgan fingerprint density at radius 1 is 1.15 bits per heavy atom. The number of fused-ring (bicyclic) bond motifs is 2. The van der Waals surface area contributed by atoms with Gasteiger partial charge in [-0.1, -0.05) is 18.2 Å². The molecule has 2 fully saturated rings. The molecule has 20 heavy (non-hydrogen) atoms. The molecule has 1 amide bonds. The molecule has 1 N–H and O–H groups in total. The molecular weight excluding hydrogens is 250 g/mol. The third-order valence-electron chi connectivity index (χ3n) is 4.72. The minimum absolute atomic E-state index is 0.151. The van der Waals surface area contributed by atoms with Crippen LogP contribution in [0.5, 0.6) is 0 Å². The van der Waals surface area contributed by atoms with Crippen LogP contribution in [0, 0.1) is 11.8 Å². The van der Waals surface area contributed by atoms with E-state index < -0.39 is 0 Å². The van der Waals surface area contributed by atoms with Crippen molar-refractivity contribution >= 4 is 16.8 Å². The molecule has 1 aromatic carbocycles. The third kappa shape index (κ3) is 1.83. The summed E-state index contributed by atoms with van der Waals surface area (Å²) >= 11 is 0. The lowest BCUT2D eigenvalue weighted by Crippen LogP contribution is -2.32. The van der Waals surface area contributed by atoms with Crippen molar-refractivity contribution in [1.82, 2.24) is 14.8 Å². The van der Waals surface area contributed by atoms with Crippen molar-refractivity contribution in [2.75, 3.05) is 33.2 Å². The van der Waals surface area contributed by atoms with E-state index in [1.165, 1.54) is 0 Å². The molecule has 2 aliphatic rings. The summed E-state index contributed by atoms with van der Waals surface area (Å²) in [4.78, 5) is 20.3. The SMILES string of the molecule is CN1CC2CN(C(=O)c3cc4ccccc4[nH]3)CC2C1. The van der Waals surface area contributed by atoms with Gasteiger partial charge in [-0.15, -0.1) is 0 Å². The van der Waals surface area contributed by atoms with Crippen molar-refractivity contribution < 1.29 is 4.79 Å². The average molecular weight is 269 g/mol. The molecule has 3 heterocycles. The molecule has 2 aliphatic heterocycles. The molecule has 0 aliphatic carbocycles. The number of benzene rings is 1. The van der Waals surface area contributed by atoms with Gasteiger partial charge in [-0.3, -0.25) is 4.79 Å². The van der Waals surface area contributed by atoms with Gasteiger partial charge in [0.1, 0.15) is 5.69 Å². The maximum Gasteiger partial charge on any atom is 0.270 e. The highest BCUT2D eigenvalue weighted by atomic mass is 16.2. The molecule has 0 bridgehead atoms. The lowest BCUT2D eigenvalue weighted by molar-refractivity contribution is 0.0771. The van der Waals surface area contributed by atoms with E-state index in [4.69, 9.17) is 0 Å². The molecule has 4 heteroatoms. The zero-order valence-corrected chi connectivity index (χ0v) is 11.7. The number of rotatable bonds is 1. The van der Waals surface area contributed by atoms with E-state index in [0.717, 1.165) is 42.8 Å². The molecule has 2 atom stereocenters. The smallest absolute Gasteiger partial charge is 0.270 e. The van der Waals surface area contributed by atoms with Crippen molar-refractivity contribution in [1.29, 1.82) is 0 Å². The van der Waals surface area contributed by atoms with Crippen LogP contribution in [-0.2, 0) is 0 Å². The van der Waals surface area contributed by atoms with Crippen LogP contribution in [-0.4, -0.2) is 53.9 Å². The number of hydrogen-bond donors (Lipinski definition) is 1. The van der Waals surface area contributed by atoms with Crippen LogP contribution in [0.25, 0.3) is 10.9 Å². The lowest BCUT2D eigenvalue weighted by atomic mass is 10.0. The fourth-order valence-corrected chi connectivity index (χ4v) is 3.75. The first kappa shape index (κ1) is 12.0. The van der Waals surface area contributed by atoms with Gasteiger partial charge in [-0.25, -0.2) is 0 Å². The highest BCUT2D eigenvalue weighted by molar-refractivity contribution is 5.98. The van der Waals surface area contributed by atoms with E-state index in [1.807, 2.05) is 35.2 Å². The van der Waals surface area contributed by atoms with Crippen LogP contribution >= 0.6 is 0 Å². The fraction of sp³-hybridized carbons (Fsp3) is 0.438. The van der Waals surface area contributed by atoms with Crippen molar-refractivity contribution in [2.45, 2.75) is 0 Å². The molecular formula is C16H19N3O. The molecule has 2 saturated heterocycles. The minimum atomic E-state index is 0.151. The largest absolute Gasteiger partial charge is 0.351 e. The zero-order chi connectivity index (χ0) is 13.7. The predicted molar refractivity (Wildman–Crippen MR) is 78.7 cm³/mol. The Bertz CT molecular complexity index is 616. The number of aromatic nitrogens is 1. The van der Waals surface area contributed by atoms with Gasteiger partial charge in [-0.05, 0) is 31.0 Å². The van der Waals surface area contributed by atoms with E-state index in [-0.39, 0.29) is 5.91 Å². The molecule has 0 radical (unpaired) electrons. The first-order valence-corrected chi connectivity index (χ1v) is 7.26. The molecule has 104 valence electrons. The first-order chi connectivity index (χ1) is 9.70. The summed E-state index contributed by atoms with van der Waals surface area (Å²) in [6.07, 6.45) is 0. The first-order valence-electron chi connectivity index (χ1n) is 7.26. The van der Waals surface area contributed by atoms with Gasteiger partial charge in [-0.2, -0.15) is 0 Å². The molecule has 0 spiro atoms. The van der Waals surface area contributed by atoms with Crippen LogP contribution in [0.3, 0.4) is 0 Å². The second-order valence-electron chi connectivity index (χ2n) is 6.22. The maximum absolute atomic E-state index is 12.6. The van der Waals surface area contributed by atoms with Crippen molar-refractivity contribution in [3.63, 3.8) is 0 Å². The normalized spacial score (nSPS) is 26.4. The van der Waals surface area contributed by atoms with Crippen LogP contribution in [0.1, 0.15) is 10.5 Å². The van der Waals surface area contributed by atoms with Crippen LogP contribution in [0.15, 0.2) is 30.3 Å². The Hall–Kier alpha value is -1.81. The molecule has 2 aromatic rings. The minimum Gasteiger partial charge on any atom is -0.351 e. The van der Waals surface area contributed by atoms with Crippen molar-refractivity contribution in [2.24, 2.45) is 11.8 Å². The molecule has 4 nitrogen and oxygen atoms in total. The second-order valence-corrected chi connectivity index (χ2v) is 6.22. The number of carbonyl (C=O) groups is 1. The molecule has 0 saturated carbocycles. The monoisotopic (exact) mass is 269 g/mol. The van der Waals surface area contributed by atoms with Gasteiger partial charge in [0.05, 0.1) is 0 Å². The second kappa shape index (κ2) is 4.35. The summed E-state index contributed by atoms with van der Waals surface area (Å²) < 4.78 is 0. The summed E-state index contributed by atoms with van der Waals surface area (Å²) in [5, 5.41) is 1.11. The number of aromatic amines is 1. The van der Waals surface area contributed by atoms with Gasteiger partial charge in [0, 0.05) is 37.1 Å². The van der Waals surface area contributed by atoms with E-state index in [9.17, 15) is 4.79 Å². The predicted octanol–water partition coefficient (Wildman–Crippen LogP) is 1.80. The Morgan fingerprint density at radius 2 is 1.85 bits per heavy atom. The summed E-state index contributed by atoms with van der Waals surface area (Å²) in [5.41, 5.74) is 1.76. The fourth-order valence-electron chi connectivity index (χ4n) is 3.75. The number of nitrogens with one attached hydrogen (secondary N) is 1. The van der Waals surface area contributed by atoms with Crippen LogP contribution in [0.4, 0.5) is 0 Å². The van der Waals surface area contributed by atoms with Crippen LogP contribution in [0.2, 0.25) is 0 Å². The van der Waals surface area contributed by atoms with E-state index in [2.05, 4.69) is 16.9 Å². The zero-order valence-electron chi connectivity index (χ0n) is 11.7. The quantitative estimate of drug-likeness (QED) is 0.857. The Labute approximate surface area is 118 Å². The number of para-hydroxylation sites is 1. The molecule has 4 rings (SSSR count). The van der Waals surface area contributed by atoms with E-state index >= 15 is 0 Å². The number of likely N-dealkylation sites (tertiary alicyclic amines) is 2. The van der Waals surface area contributed by atoms with Gasteiger partial charge in [0.15, 0.2) is 0 Å². The summed E-state index contributed by atoms with van der Waals surface area (Å²) in [5.74, 6) is 1.47. The van der Waals surface area contributed by atoms with Gasteiger partial charge in [0.2, 0.25) is 0 Å². The molecule has 2 unspecified atom stereocenters. The topological polar surface area (TPSA) is 39.3 Å². The molecule has 1 aromatic heterocycles. The summed E-state index contributed by atoms with van der Waals surface area (Å²) in [6, 6.07) is 10.0. The van der Waals surface area contributed by atoms with E-state index in [0.29, 0.717) is 11.8 Å². The number of hydrogen-bond acceptors (Lipinski definition) is 2. The van der Waals surface area contributed by atoms with E-state index in [1.54, 1.807) is 0 Å². The number of amides is 1.